The van der Waals surface area contributed by atoms with Crippen molar-refractivity contribution in [3.63, 3.8) is 0 Å². The fourth-order valence-electron chi connectivity index (χ4n) is 0.891. The van der Waals surface area contributed by atoms with Crippen LogP contribution in [0.2, 0.25) is 0 Å². The van der Waals surface area contributed by atoms with Crippen molar-refractivity contribution in [2.24, 2.45) is 0 Å². The molecule has 0 aliphatic rings. The summed E-state index contributed by atoms with van der Waals surface area (Å²) in [4.78, 5) is 0. The van der Waals surface area contributed by atoms with E-state index in [9.17, 15) is 17.7 Å². The Balaban J connectivity index is 2.73. The van der Waals surface area contributed by atoms with Crippen LogP contribution >= 0.6 is 8.69 Å². The van der Waals surface area contributed by atoms with Crippen molar-refractivity contribution in [1.82, 2.24) is 0 Å². The summed E-state index contributed by atoms with van der Waals surface area (Å²) in [6.45, 7) is 0.0309. The van der Waals surface area contributed by atoms with Crippen molar-refractivity contribution >= 4 is 8.69 Å². The largest absolute Gasteiger partial charge is 0.416 e. The molecular weight excluding hydrogens is 216 g/mol. The van der Waals surface area contributed by atoms with Crippen molar-refractivity contribution in [3.8, 4) is 0 Å². The Hall–Kier alpha value is -0.930. The van der Waals surface area contributed by atoms with E-state index in [1.165, 1.54) is 12.1 Å². The maximum atomic E-state index is 12.1. The Bertz CT molecular complexity index is 307. The first-order valence-corrected chi connectivity index (χ1v) is 4.38. The molecule has 6 heteroatoms. The highest BCUT2D eigenvalue weighted by Crippen LogP contribution is 2.29. The fourth-order valence-corrected chi connectivity index (χ4v) is 1.09. The van der Waals surface area contributed by atoms with E-state index in [1.54, 1.807) is 0 Å². The van der Waals surface area contributed by atoms with Crippen LogP contribution in [0.5, 0.6) is 0 Å². The normalized spacial score (nSPS) is 11.9. The zero-order chi connectivity index (χ0) is 10.6. The smallest absolute Gasteiger partial charge is 0.290 e. The number of halogens is 3. The van der Waals surface area contributed by atoms with Gasteiger partial charge in [0.1, 0.15) is 0 Å². The minimum absolute atomic E-state index is 0.0309. The highest BCUT2D eigenvalue weighted by Gasteiger charge is 2.29. The molecule has 0 saturated carbocycles. The van der Waals surface area contributed by atoms with Crippen molar-refractivity contribution in [1.29, 1.82) is 0 Å². The standard InChI is InChI=1S/C8H6F3O2P/c9-8(10,11)7-3-1-6(2-4-7)5-13-14-12/h1-4H,5H2. The van der Waals surface area contributed by atoms with Crippen molar-refractivity contribution < 1.29 is 22.3 Å². The monoisotopic (exact) mass is 222 g/mol. The Kier molecular flexibility index (Phi) is 3.61. The van der Waals surface area contributed by atoms with Gasteiger partial charge < -0.3 is 0 Å². The van der Waals surface area contributed by atoms with E-state index >= 15 is 0 Å². The van der Waals surface area contributed by atoms with Crippen LogP contribution in [0.3, 0.4) is 0 Å². The Morgan fingerprint density at radius 1 is 1.21 bits per heavy atom. The molecule has 76 valence electrons. The molecule has 2 nitrogen and oxygen atoms in total. The van der Waals surface area contributed by atoms with Crippen LogP contribution in [0.15, 0.2) is 24.3 Å². The van der Waals surface area contributed by atoms with Gasteiger partial charge in [-0.2, -0.15) is 13.2 Å². The molecular formula is C8H6F3O2P. The van der Waals surface area contributed by atoms with E-state index in [2.05, 4.69) is 4.52 Å². The van der Waals surface area contributed by atoms with Gasteiger partial charge in [-0.1, -0.05) is 12.1 Å². The van der Waals surface area contributed by atoms with Gasteiger partial charge >= 0.3 is 14.9 Å². The van der Waals surface area contributed by atoms with E-state index in [1.807, 2.05) is 0 Å². The van der Waals surface area contributed by atoms with E-state index in [-0.39, 0.29) is 6.61 Å². The Labute approximate surface area is 80.0 Å². The molecule has 0 aliphatic carbocycles. The molecule has 0 N–H and O–H groups in total. The zero-order valence-corrected chi connectivity index (χ0v) is 7.81. The highest BCUT2D eigenvalue weighted by molar-refractivity contribution is 7.17. The van der Waals surface area contributed by atoms with Gasteiger partial charge in [-0.15, -0.1) is 0 Å². The molecule has 0 fully saturated rings. The molecule has 0 bridgehead atoms. The van der Waals surface area contributed by atoms with Crippen LogP contribution in [0.1, 0.15) is 11.1 Å². The third-order valence-corrected chi connectivity index (χ3v) is 1.80. The van der Waals surface area contributed by atoms with Gasteiger partial charge in [-0.25, -0.2) is 4.57 Å². The summed E-state index contributed by atoms with van der Waals surface area (Å²) in [6, 6.07) is 4.49. The molecule has 0 atom stereocenters. The molecule has 0 amide bonds. The molecule has 0 spiro atoms. The predicted octanol–water partition coefficient (Wildman–Crippen LogP) is 3.43. The minimum atomic E-state index is -4.32. The molecule has 1 aromatic carbocycles. The second-order valence-corrected chi connectivity index (χ2v) is 2.95. The first-order valence-electron chi connectivity index (χ1n) is 3.65. The van der Waals surface area contributed by atoms with Crippen molar-refractivity contribution in [2.75, 3.05) is 0 Å². The van der Waals surface area contributed by atoms with Crippen LogP contribution < -0.4 is 0 Å². The SMILES string of the molecule is O=POCc1ccc(C(F)(F)F)cc1. The number of hydrogen-bond acceptors (Lipinski definition) is 2. The van der Waals surface area contributed by atoms with E-state index in [0.29, 0.717) is 5.56 Å². The first-order chi connectivity index (χ1) is 6.54. The maximum Gasteiger partial charge on any atom is 0.416 e. The number of alkyl halides is 3. The summed E-state index contributed by atoms with van der Waals surface area (Å²) in [6.07, 6.45) is -4.32. The van der Waals surface area contributed by atoms with Gasteiger partial charge in [0.25, 0.3) is 0 Å². The zero-order valence-electron chi connectivity index (χ0n) is 6.91. The summed E-state index contributed by atoms with van der Waals surface area (Å²) in [5, 5.41) is 0. The average molecular weight is 222 g/mol. The van der Waals surface area contributed by atoms with Crippen LogP contribution in [0.4, 0.5) is 13.2 Å². The molecule has 0 saturated heterocycles. The summed E-state index contributed by atoms with van der Waals surface area (Å²) in [5.74, 6) is 0. The van der Waals surface area contributed by atoms with Crippen LogP contribution in [-0.4, -0.2) is 0 Å². The van der Waals surface area contributed by atoms with Gasteiger partial charge in [-0.3, -0.25) is 4.52 Å². The van der Waals surface area contributed by atoms with E-state index < -0.39 is 20.4 Å². The Morgan fingerprint density at radius 2 is 1.79 bits per heavy atom. The van der Waals surface area contributed by atoms with Crippen molar-refractivity contribution in [3.05, 3.63) is 35.4 Å². The first kappa shape index (κ1) is 11.1. The van der Waals surface area contributed by atoms with Gasteiger partial charge in [0, 0.05) is 0 Å². The summed E-state index contributed by atoms with van der Waals surface area (Å²) in [5.41, 5.74) is -0.165. The fraction of sp³-hybridized carbons (Fsp3) is 0.250. The highest BCUT2D eigenvalue weighted by atomic mass is 31.1. The maximum absolute atomic E-state index is 12.1. The molecule has 1 rings (SSSR count). The van der Waals surface area contributed by atoms with E-state index in [0.717, 1.165) is 12.1 Å². The minimum Gasteiger partial charge on any atom is -0.290 e. The summed E-state index contributed by atoms with van der Waals surface area (Å²) in [7, 11) is -0.484. The molecule has 0 radical (unpaired) electrons. The van der Waals surface area contributed by atoms with Gasteiger partial charge in [-0.05, 0) is 17.7 Å². The summed E-state index contributed by atoms with van der Waals surface area (Å²) < 4.78 is 50.6. The molecule has 0 unspecified atom stereocenters. The van der Waals surface area contributed by atoms with Crippen LogP contribution in [0.25, 0.3) is 0 Å². The van der Waals surface area contributed by atoms with Gasteiger partial charge in [0.2, 0.25) is 0 Å². The molecule has 0 heterocycles. The lowest BCUT2D eigenvalue weighted by Crippen LogP contribution is -2.04. The quantitative estimate of drug-likeness (QED) is 0.732. The molecule has 0 aliphatic heterocycles. The molecule has 14 heavy (non-hydrogen) atoms. The Morgan fingerprint density at radius 3 is 2.21 bits per heavy atom. The number of hydrogen-bond donors (Lipinski definition) is 0. The lowest BCUT2D eigenvalue weighted by atomic mass is 10.1. The number of benzene rings is 1. The lowest BCUT2D eigenvalue weighted by Gasteiger charge is -2.06. The summed E-state index contributed by atoms with van der Waals surface area (Å²) >= 11 is 0. The predicted molar refractivity (Wildman–Crippen MR) is 43.8 cm³/mol. The third-order valence-electron chi connectivity index (χ3n) is 1.57. The topological polar surface area (TPSA) is 26.3 Å². The number of rotatable bonds is 3. The average Bonchev–Trinajstić information content (AvgIpc) is 2.14. The van der Waals surface area contributed by atoms with Crippen LogP contribution in [0, 0.1) is 0 Å². The van der Waals surface area contributed by atoms with Gasteiger partial charge in [0.05, 0.1) is 12.2 Å². The lowest BCUT2D eigenvalue weighted by molar-refractivity contribution is -0.137. The second kappa shape index (κ2) is 4.53. The van der Waals surface area contributed by atoms with Crippen LogP contribution in [-0.2, 0) is 21.9 Å². The third kappa shape index (κ3) is 3.09. The van der Waals surface area contributed by atoms with Gasteiger partial charge in [0.15, 0.2) is 0 Å². The second-order valence-electron chi connectivity index (χ2n) is 2.54. The molecule has 0 aromatic heterocycles. The molecule has 1 aromatic rings. The van der Waals surface area contributed by atoms with Crippen molar-refractivity contribution in [2.45, 2.75) is 12.8 Å². The van der Waals surface area contributed by atoms with E-state index in [4.69, 9.17) is 0 Å².